The molecule has 0 aliphatic rings. The van der Waals surface area contributed by atoms with Crippen LogP contribution in [-0.4, -0.2) is 36.0 Å². The van der Waals surface area contributed by atoms with Crippen molar-refractivity contribution in [2.45, 2.75) is 9.79 Å². The van der Waals surface area contributed by atoms with Crippen LogP contribution in [0.15, 0.2) is 82.6 Å². The Morgan fingerprint density at radius 1 is 0.871 bits per heavy atom. The van der Waals surface area contributed by atoms with Gasteiger partial charge in [0.15, 0.2) is 9.84 Å². The van der Waals surface area contributed by atoms with E-state index in [2.05, 4.69) is 5.32 Å². The molecule has 3 rings (SSSR count). The molecular formula is C21H19ClN2O5S2. The first-order chi connectivity index (χ1) is 14.5. The van der Waals surface area contributed by atoms with E-state index in [0.29, 0.717) is 10.7 Å². The molecule has 0 saturated carbocycles. The lowest BCUT2D eigenvalue weighted by Gasteiger charge is -2.20. The second-order valence-electron chi connectivity index (χ2n) is 6.73. The van der Waals surface area contributed by atoms with Gasteiger partial charge < -0.3 is 5.32 Å². The summed E-state index contributed by atoms with van der Waals surface area (Å²) in [6, 6.07) is 17.7. The van der Waals surface area contributed by atoms with Gasteiger partial charge in [0, 0.05) is 29.6 Å². The first-order valence-electron chi connectivity index (χ1n) is 8.94. The van der Waals surface area contributed by atoms with Gasteiger partial charge in [-0.05, 0) is 66.7 Å². The van der Waals surface area contributed by atoms with Crippen molar-refractivity contribution in [2.24, 2.45) is 0 Å². The fourth-order valence-corrected chi connectivity index (χ4v) is 4.73. The quantitative estimate of drug-likeness (QED) is 0.580. The van der Waals surface area contributed by atoms with Gasteiger partial charge in [-0.25, -0.2) is 16.8 Å². The molecular weight excluding hydrogens is 460 g/mol. The summed E-state index contributed by atoms with van der Waals surface area (Å²) in [7, 11) is -6.03. The molecule has 0 bridgehead atoms. The van der Waals surface area contributed by atoms with Gasteiger partial charge in [-0.1, -0.05) is 17.7 Å². The van der Waals surface area contributed by atoms with Crippen LogP contribution in [-0.2, 0) is 19.9 Å². The summed E-state index contributed by atoms with van der Waals surface area (Å²) in [5, 5.41) is 3.21. The topological polar surface area (TPSA) is 101 Å². The van der Waals surface area contributed by atoms with Gasteiger partial charge in [-0.15, -0.1) is 0 Å². The van der Waals surface area contributed by atoms with E-state index in [1.54, 1.807) is 24.3 Å². The summed E-state index contributed by atoms with van der Waals surface area (Å²) in [4.78, 5) is 12.5. The molecule has 3 aromatic carbocycles. The van der Waals surface area contributed by atoms with Crippen LogP contribution in [0.25, 0.3) is 0 Å². The Bertz CT molecular complexity index is 1320. The average molecular weight is 479 g/mol. The lowest BCUT2D eigenvalue weighted by molar-refractivity contribution is 0.102. The molecule has 0 heterocycles. The van der Waals surface area contributed by atoms with Crippen molar-refractivity contribution >= 4 is 48.7 Å². The van der Waals surface area contributed by atoms with E-state index in [0.717, 1.165) is 10.6 Å². The van der Waals surface area contributed by atoms with E-state index >= 15 is 0 Å². The molecule has 0 spiro atoms. The van der Waals surface area contributed by atoms with Crippen LogP contribution < -0.4 is 9.62 Å². The Kier molecular flexibility index (Phi) is 6.40. The average Bonchev–Trinajstić information content (AvgIpc) is 2.74. The van der Waals surface area contributed by atoms with Crippen molar-refractivity contribution in [3.63, 3.8) is 0 Å². The molecule has 162 valence electrons. The third-order valence-corrected chi connectivity index (χ3v) is 7.65. The predicted octanol–water partition coefficient (Wildman–Crippen LogP) is 3.82. The van der Waals surface area contributed by atoms with E-state index in [4.69, 9.17) is 11.6 Å². The van der Waals surface area contributed by atoms with Crippen molar-refractivity contribution < 1.29 is 21.6 Å². The molecule has 1 N–H and O–H groups in total. The third kappa shape index (κ3) is 5.25. The maximum absolute atomic E-state index is 13.0. The van der Waals surface area contributed by atoms with Crippen LogP contribution in [0.4, 0.5) is 11.4 Å². The predicted molar refractivity (Wildman–Crippen MR) is 121 cm³/mol. The number of sulfonamides is 1. The Hall–Kier alpha value is -2.88. The van der Waals surface area contributed by atoms with Crippen molar-refractivity contribution in [3.8, 4) is 0 Å². The Balaban J connectivity index is 1.86. The number of carbonyl (C=O) groups is 1. The minimum absolute atomic E-state index is 0.0778. The molecule has 7 nitrogen and oxygen atoms in total. The van der Waals surface area contributed by atoms with Crippen molar-refractivity contribution in [3.05, 3.63) is 83.4 Å². The fraction of sp³-hybridized carbons (Fsp3) is 0.0952. The summed E-state index contributed by atoms with van der Waals surface area (Å²) in [6.45, 7) is 0. The van der Waals surface area contributed by atoms with E-state index in [9.17, 15) is 21.6 Å². The molecule has 0 saturated heterocycles. The second-order valence-corrected chi connectivity index (χ2v) is 11.1. The molecule has 0 unspecified atom stereocenters. The van der Waals surface area contributed by atoms with Crippen LogP contribution in [0.1, 0.15) is 10.4 Å². The monoisotopic (exact) mass is 478 g/mol. The lowest BCUT2D eigenvalue weighted by Crippen LogP contribution is -2.27. The van der Waals surface area contributed by atoms with Crippen LogP contribution in [0.5, 0.6) is 0 Å². The number of benzene rings is 3. The molecule has 0 radical (unpaired) electrons. The van der Waals surface area contributed by atoms with E-state index < -0.39 is 25.8 Å². The number of nitrogens with zero attached hydrogens (tertiary/aromatic N) is 1. The highest BCUT2D eigenvalue weighted by Crippen LogP contribution is 2.24. The first kappa shape index (κ1) is 22.8. The Morgan fingerprint density at radius 2 is 1.48 bits per heavy atom. The van der Waals surface area contributed by atoms with E-state index in [1.807, 2.05) is 0 Å². The van der Waals surface area contributed by atoms with Gasteiger partial charge in [-0.3, -0.25) is 9.10 Å². The van der Waals surface area contributed by atoms with Crippen LogP contribution >= 0.6 is 11.6 Å². The molecule has 0 aliphatic heterocycles. The van der Waals surface area contributed by atoms with Crippen LogP contribution in [0, 0.1) is 0 Å². The van der Waals surface area contributed by atoms with Crippen molar-refractivity contribution in [1.82, 2.24) is 0 Å². The molecule has 3 aromatic rings. The molecule has 0 fully saturated rings. The SMILES string of the molecule is CN(c1ccc(S(C)(=O)=O)cc1)S(=O)(=O)c1cccc(C(=O)Nc2ccc(Cl)cc2)c1. The fourth-order valence-electron chi connectivity index (χ4n) is 2.73. The van der Waals surface area contributed by atoms with Gasteiger partial charge >= 0.3 is 0 Å². The number of nitrogens with one attached hydrogen (secondary N) is 1. The minimum Gasteiger partial charge on any atom is -0.322 e. The maximum Gasteiger partial charge on any atom is 0.264 e. The minimum atomic E-state index is -3.99. The number of halogens is 1. The standard InChI is InChI=1S/C21H19ClN2O5S2/c1-24(18-10-12-19(13-11-18)30(2,26)27)31(28,29)20-5-3-4-15(14-20)21(25)23-17-8-6-16(22)7-9-17/h3-14H,1-2H3,(H,23,25). The molecule has 1 amide bonds. The van der Waals surface area contributed by atoms with Gasteiger partial charge in [-0.2, -0.15) is 0 Å². The summed E-state index contributed by atoms with van der Waals surface area (Å²) < 4.78 is 50.3. The smallest absolute Gasteiger partial charge is 0.264 e. The lowest BCUT2D eigenvalue weighted by atomic mass is 10.2. The highest BCUT2D eigenvalue weighted by Gasteiger charge is 2.23. The zero-order chi connectivity index (χ0) is 22.8. The maximum atomic E-state index is 13.0. The first-order valence-corrected chi connectivity index (χ1v) is 12.7. The number of sulfone groups is 1. The normalized spacial score (nSPS) is 11.7. The number of rotatable bonds is 6. The number of carbonyl (C=O) groups excluding carboxylic acids is 1. The molecule has 0 atom stereocenters. The molecule has 0 aromatic heterocycles. The van der Waals surface area contributed by atoms with E-state index in [1.165, 1.54) is 55.6 Å². The van der Waals surface area contributed by atoms with Crippen molar-refractivity contribution in [1.29, 1.82) is 0 Å². The van der Waals surface area contributed by atoms with Crippen LogP contribution in [0.2, 0.25) is 5.02 Å². The Morgan fingerprint density at radius 3 is 2.06 bits per heavy atom. The highest BCUT2D eigenvalue weighted by atomic mass is 35.5. The van der Waals surface area contributed by atoms with E-state index in [-0.39, 0.29) is 21.0 Å². The van der Waals surface area contributed by atoms with Gasteiger partial charge in [0.2, 0.25) is 0 Å². The molecule has 10 heteroatoms. The largest absolute Gasteiger partial charge is 0.322 e. The number of hydrogen-bond donors (Lipinski definition) is 1. The third-order valence-electron chi connectivity index (χ3n) is 4.49. The summed E-state index contributed by atoms with van der Waals surface area (Å²) in [5.41, 5.74) is 0.964. The Labute approximate surface area is 186 Å². The zero-order valence-electron chi connectivity index (χ0n) is 16.6. The van der Waals surface area contributed by atoms with Crippen molar-refractivity contribution in [2.75, 3.05) is 22.9 Å². The van der Waals surface area contributed by atoms with Crippen LogP contribution in [0.3, 0.4) is 0 Å². The highest BCUT2D eigenvalue weighted by molar-refractivity contribution is 7.92. The summed E-state index contributed by atoms with van der Waals surface area (Å²) in [6.07, 6.45) is 1.07. The van der Waals surface area contributed by atoms with Gasteiger partial charge in [0.05, 0.1) is 15.5 Å². The second kappa shape index (κ2) is 8.70. The summed E-state index contributed by atoms with van der Waals surface area (Å²) in [5.74, 6) is -0.473. The number of amides is 1. The molecule has 31 heavy (non-hydrogen) atoms. The summed E-state index contributed by atoms with van der Waals surface area (Å²) >= 11 is 5.83. The van der Waals surface area contributed by atoms with Gasteiger partial charge in [0.25, 0.3) is 15.9 Å². The number of hydrogen-bond acceptors (Lipinski definition) is 5. The zero-order valence-corrected chi connectivity index (χ0v) is 19.0. The molecule has 0 aliphatic carbocycles. The van der Waals surface area contributed by atoms with Gasteiger partial charge in [0.1, 0.15) is 0 Å². The number of anilines is 2.